The first-order valence-electron chi connectivity index (χ1n) is 15.0. The van der Waals surface area contributed by atoms with E-state index in [1.54, 1.807) is 12.3 Å². The highest BCUT2D eigenvalue weighted by Crippen LogP contribution is 2.46. The Labute approximate surface area is 245 Å². The minimum atomic E-state index is -0.710. The Bertz CT molecular complexity index is 1110. The number of rotatable bonds is 13. The number of hydrogen-bond acceptors (Lipinski definition) is 6. The van der Waals surface area contributed by atoms with Crippen LogP contribution in [0.4, 0.5) is 0 Å². The smallest absolute Gasteiger partial charge is 0.258 e. The van der Waals surface area contributed by atoms with Gasteiger partial charge in [-0.05, 0) is 88.2 Å². The van der Waals surface area contributed by atoms with Crippen molar-refractivity contribution < 1.29 is 19.4 Å². The predicted octanol–water partition coefficient (Wildman–Crippen LogP) is 4.84. The van der Waals surface area contributed by atoms with Gasteiger partial charge in [-0.3, -0.25) is 9.59 Å². The highest BCUT2D eigenvalue weighted by molar-refractivity contribution is 6.11. The number of fused-ring (bicyclic) bond motifs is 2. The van der Waals surface area contributed by atoms with Gasteiger partial charge < -0.3 is 31.2 Å². The molecule has 0 spiro atoms. The van der Waals surface area contributed by atoms with Gasteiger partial charge >= 0.3 is 0 Å². The van der Waals surface area contributed by atoms with Gasteiger partial charge in [0.05, 0.1) is 17.7 Å². The summed E-state index contributed by atoms with van der Waals surface area (Å²) in [5.74, 6) is 0.946. The van der Waals surface area contributed by atoms with Crippen molar-refractivity contribution in [3.63, 3.8) is 0 Å². The maximum atomic E-state index is 13.5. The van der Waals surface area contributed by atoms with Crippen molar-refractivity contribution in [2.45, 2.75) is 97.2 Å². The Balaban J connectivity index is 1.68. The van der Waals surface area contributed by atoms with Crippen molar-refractivity contribution in [2.24, 2.45) is 23.7 Å². The number of hydrogen-bond donors (Lipinski definition) is 5. The molecule has 1 aromatic rings. The molecule has 1 aromatic carbocycles. The van der Waals surface area contributed by atoms with E-state index in [0.717, 1.165) is 31.0 Å². The minimum absolute atomic E-state index is 0.0552. The summed E-state index contributed by atoms with van der Waals surface area (Å²) >= 11 is 0. The van der Waals surface area contributed by atoms with Crippen molar-refractivity contribution >= 4 is 18.0 Å². The Morgan fingerprint density at radius 3 is 2.56 bits per heavy atom. The monoisotopic (exact) mass is 566 g/mol. The van der Waals surface area contributed by atoms with Gasteiger partial charge in [0.25, 0.3) is 5.91 Å². The molecule has 2 aliphatic rings. The molecule has 4 unspecified atom stereocenters. The van der Waals surface area contributed by atoms with Gasteiger partial charge in [-0.25, -0.2) is 0 Å². The average molecular weight is 567 g/mol. The first kappa shape index (κ1) is 32.4. The van der Waals surface area contributed by atoms with E-state index in [9.17, 15) is 14.7 Å². The Kier molecular flexibility index (Phi) is 11.2. The zero-order valence-corrected chi connectivity index (χ0v) is 25.6. The van der Waals surface area contributed by atoms with Crippen molar-refractivity contribution in [3.05, 3.63) is 59.6 Å². The standard InChI is InChI=1S/C33H50N4O4/c1-22(2)21-41-31(35-15-14-32(4,5)37-28(38)13-12-24-10-8-7-9-11-24)27(20-34)30(39)36-29-23(3)16-25-17-26(29)19-33(6,40)18-25/h7-11,14-15,20,22-23,25-26,29,34-35,40H,12-13,16-19,21H2,1-6H3,(H,36,39)(H,37,38)/b15-14+,31-27-,34-20?/t23?,25?,26?,29?,33-/m0/s1. The van der Waals surface area contributed by atoms with E-state index in [4.69, 9.17) is 10.1 Å². The number of aliphatic hydroxyl groups is 1. The second-order valence-corrected chi connectivity index (χ2v) is 13.3. The first-order chi connectivity index (χ1) is 19.3. The molecule has 0 aliphatic heterocycles. The lowest BCUT2D eigenvalue weighted by molar-refractivity contribution is -0.122. The second-order valence-electron chi connectivity index (χ2n) is 13.3. The molecular formula is C33H50N4O4. The summed E-state index contributed by atoms with van der Waals surface area (Å²) in [6.07, 6.45) is 8.96. The highest BCUT2D eigenvalue weighted by Gasteiger charge is 2.45. The van der Waals surface area contributed by atoms with Gasteiger partial charge in [0.15, 0.2) is 0 Å². The molecule has 2 fully saturated rings. The number of nitrogens with one attached hydrogen (secondary N) is 4. The van der Waals surface area contributed by atoms with Crippen LogP contribution in [0, 0.1) is 29.1 Å². The molecule has 2 saturated carbocycles. The highest BCUT2D eigenvalue weighted by atomic mass is 16.5. The van der Waals surface area contributed by atoms with E-state index in [0.29, 0.717) is 31.8 Å². The fourth-order valence-corrected chi connectivity index (χ4v) is 6.32. The number of ether oxygens (including phenoxy) is 1. The van der Waals surface area contributed by atoms with Crippen molar-refractivity contribution in [1.82, 2.24) is 16.0 Å². The van der Waals surface area contributed by atoms with Gasteiger partial charge in [-0.15, -0.1) is 0 Å². The van der Waals surface area contributed by atoms with Crippen LogP contribution in [0.25, 0.3) is 0 Å². The summed E-state index contributed by atoms with van der Waals surface area (Å²) in [4.78, 5) is 26.1. The van der Waals surface area contributed by atoms with Gasteiger partial charge in [0.2, 0.25) is 11.8 Å². The fraction of sp³-hybridized carbons (Fsp3) is 0.606. The van der Waals surface area contributed by atoms with Crippen LogP contribution < -0.4 is 16.0 Å². The van der Waals surface area contributed by atoms with E-state index in [1.165, 1.54) is 0 Å². The maximum absolute atomic E-state index is 13.5. The number of amides is 2. The van der Waals surface area contributed by atoms with E-state index in [1.807, 2.05) is 65.0 Å². The molecular weight excluding hydrogens is 516 g/mol. The molecule has 5 N–H and O–H groups in total. The molecule has 0 radical (unpaired) electrons. The van der Waals surface area contributed by atoms with E-state index in [2.05, 4.69) is 22.9 Å². The topological polar surface area (TPSA) is 124 Å². The molecule has 41 heavy (non-hydrogen) atoms. The lowest BCUT2D eigenvalue weighted by atomic mass is 9.61. The Hall–Kier alpha value is -3.13. The van der Waals surface area contributed by atoms with E-state index >= 15 is 0 Å². The quantitative estimate of drug-likeness (QED) is 0.133. The van der Waals surface area contributed by atoms with Gasteiger partial charge in [0.1, 0.15) is 5.57 Å². The molecule has 8 nitrogen and oxygen atoms in total. The molecule has 226 valence electrons. The maximum Gasteiger partial charge on any atom is 0.258 e. The summed E-state index contributed by atoms with van der Waals surface area (Å²) in [5, 5.41) is 28.1. The van der Waals surface area contributed by atoms with Crippen molar-refractivity contribution in [2.75, 3.05) is 6.61 Å². The minimum Gasteiger partial charge on any atom is -0.478 e. The molecule has 2 aliphatic carbocycles. The Morgan fingerprint density at radius 2 is 1.90 bits per heavy atom. The zero-order valence-electron chi connectivity index (χ0n) is 25.6. The zero-order chi connectivity index (χ0) is 30.2. The van der Waals surface area contributed by atoms with Crippen LogP contribution in [-0.2, 0) is 20.7 Å². The van der Waals surface area contributed by atoms with Crippen LogP contribution in [0.2, 0.25) is 0 Å². The third kappa shape index (κ3) is 10.0. The van der Waals surface area contributed by atoms with Crippen LogP contribution in [0.15, 0.2) is 54.1 Å². The molecule has 8 heteroatoms. The fourth-order valence-electron chi connectivity index (χ4n) is 6.32. The summed E-state index contributed by atoms with van der Waals surface area (Å²) < 4.78 is 5.97. The Morgan fingerprint density at radius 1 is 1.20 bits per heavy atom. The molecule has 3 rings (SSSR count). The predicted molar refractivity (Wildman–Crippen MR) is 163 cm³/mol. The number of benzene rings is 1. The lowest BCUT2D eigenvalue weighted by Crippen LogP contribution is -2.54. The normalized spacial score (nSPS) is 26.7. The lowest BCUT2D eigenvalue weighted by Gasteiger charge is -2.49. The second kappa shape index (κ2) is 14.2. The molecule has 5 atom stereocenters. The van der Waals surface area contributed by atoms with Crippen LogP contribution >= 0.6 is 0 Å². The van der Waals surface area contributed by atoms with Crippen LogP contribution in [0.3, 0.4) is 0 Å². The summed E-state index contributed by atoms with van der Waals surface area (Å²) in [7, 11) is 0. The van der Waals surface area contributed by atoms with Crippen LogP contribution in [0.5, 0.6) is 0 Å². The van der Waals surface area contributed by atoms with Crippen LogP contribution in [-0.4, -0.2) is 46.9 Å². The molecule has 0 saturated heterocycles. The number of carbonyl (C=O) groups excluding carboxylic acids is 2. The average Bonchev–Trinajstić information content (AvgIpc) is 2.87. The summed E-state index contributed by atoms with van der Waals surface area (Å²) in [6.45, 7) is 12.2. The van der Waals surface area contributed by atoms with Crippen LogP contribution in [0.1, 0.15) is 79.2 Å². The summed E-state index contributed by atoms with van der Waals surface area (Å²) in [6, 6.07) is 9.83. The van der Waals surface area contributed by atoms with E-state index < -0.39 is 11.1 Å². The molecule has 2 amide bonds. The number of aryl methyl sites for hydroxylation is 1. The number of carbonyl (C=O) groups is 2. The van der Waals surface area contributed by atoms with Crippen molar-refractivity contribution in [3.8, 4) is 0 Å². The van der Waals surface area contributed by atoms with Gasteiger partial charge in [0, 0.05) is 24.9 Å². The SMILES string of the molecule is CC(C)CO/C(N/C=C/C(C)(C)NC(=O)CCc1ccccc1)=C(/C=N)C(=O)NC1C(C)CC2CC1C[C@@](C)(O)C2. The van der Waals surface area contributed by atoms with E-state index in [-0.39, 0.29) is 47.1 Å². The first-order valence-corrected chi connectivity index (χ1v) is 15.0. The van der Waals surface area contributed by atoms with Crippen molar-refractivity contribution in [1.29, 1.82) is 5.41 Å². The third-order valence-corrected chi connectivity index (χ3v) is 8.04. The third-order valence-electron chi connectivity index (χ3n) is 8.04. The summed E-state index contributed by atoms with van der Waals surface area (Å²) in [5.41, 5.74) is -0.137. The molecule has 0 aromatic heterocycles. The largest absolute Gasteiger partial charge is 0.478 e. The van der Waals surface area contributed by atoms with Gasteiger partial charge in [-0.2, -0.15) is 0 Å². The molecule has 0 heterocycles. The molecule has 2 bridgehead atoms. The van der Waals surface area contributed by atoms with Gasteiger partial charge in [-0.1, -0.05) is 51.1 Å².